The van der Waals surface area contributed by atoms with Crippen LogP contribution in [-0.2, 0) is 14.3 Å². The van der Waals surface area contributed by atoms with Crippen molar-refractivity contribution in [3.8, 4) is 0 Å². The van der Waals surface area contributed by atoms with Gasteiger partial charge in [0.1, 0.15) is 0 Å². The third-order valence-corrected chi connectivity index (χ3v) is 3.33. The monoisotopic (exact) mass is 258 g/mol. The Morgan fingerprint density at radius 2 is 2.28 bits per heavy atom. The summed E-state index contributed by atoms with van der Waals surface area (Å²) in [7, 11) is 1.68. The first-order valence-corrected chi connectivity index (χ1v) is 6.67. The lowest BCUT2D eigenvalue weighted by Gasteiger charge is -2.31. The molecule has 1 fully saturated rings. The van der Waals surface area contributed by atoms with Crippen LogP contribution in [0.4, 0.5) is 0 Å². The second-order valence-electron chi connectivity index (χ2n) is 5.25. The fourth-order valence-corrected chi connectivity index (χ4v) is 2.37. The van der Waals surface area contributed by atoms with Crippen LogP contribution in [-0.4, -0.2) is 63.9 Å². The molecule has 0 spiro atoms. The van der Waals surface area contributed by atoms with Crippen LogP contribution < -0.4 is 5.32 Å². The van der Waals surface area contributed by atoms with Crippen LogP contribution in [0.1, 0.15) is 20.3 Å². The highest BCUT2D eigenvalue weighted by Gasteiger charge is 2.31. The molecule has 1 unspecified atom stereocenters. The Bertz CT molecular complexity index is 253. The van der Waals surface area contributed by atoms with Gasteiger partial charge in [-0.1, -0.05) is 6.92 Å². The van der Waals surface area contributed by atoms with Crippen LogP contribution in [0.2, 0.25) is 0 Å². The molecule has 5 nitrogen and oxygen atoms in total. The smallest absolute Gasteiger partial charge is 0.320 e. The number of ether oxygens (including phenoxy) is 2. The Labute approximate surface area is 110 Å². The first-order valence-electron chi connectivity index (χ1n) is 6.67. The lowest BCUT2D eigenvalue weighted by atomic mass is 9.89. The number of rotatable bonds is 8. The van der Waals surface area contributed by atoms with Gasteiger partial charge < -0.3 is 14.8 Å². The minimum Gasteiger partial charge on any atom is -0.465 e. The molecule has 0 bridgehead atoms. The normalized spacial score (nSPS) is 23.6. The van der Waals surface area contributed by atoms with Crippen LogP contribution in [0.3, 0.4) is 0 Å². The van der Waals surface area contributed by atoms with Gasteiger partial charge in [-0.15, -0.1) is 0 Å². The van der Waals surface area contributed by atoms with Crippen molar-refractivity contribution in [2.75, 3.05) is 53.0 Å². The molecule has 0 aromatic heterocycles. The summed E-state index contributed by atoms with van der Waals surface area (Å²) in [6.07, 6.45) is 1.15. The number of hydrogen-bond donors (Lipinski definition) is 1. The molecular formula is C13H26N2O3. The van der Waals surface area contributed by atoms with Crippen molar-refractivity contribution in [2.45, 2.75) is 20.3 Å². The summed E-state index contributed by atoms with van der Waals surface area (Å²) < 4.78 is 10.1. The van der Waals surface area contributed by atoms with E-state index >= 15 is 0 Å². The number of carbonyl (C=O) groups is 1. The number of carbonyl (C=O) groups excluding carboxylic acids is 1. The van der Waals surface area contributed by atoms with Crippen molar-refractivity contribution in [3.63, 3.8) is 0 Å². The van der Waals surface area contributed by atoms with E-state index in [0.717, 1.165) is 32.6 Å². The van der Waals surface area contributed by atoms with Crippen molar-refractivity contribution >= 4 is 5.97 Å². The molecule has 0 aliphatic carbocycles. The van der Waals surface area contributed by atoms with E-state index in [-0.39, 0.29) is 11.4 Å². The molecule has 1 aliphatic rings. The largest absolute Gasteiger partial charge is 0.465 e. The molecule has 1 N–H and O–H groups in total. The average molecular weight is 258 g/mol. The Hall–Kier alpha value is -0.650. The maximum Gasteiger partial charge on any atom is 0.320 e. The average Bonchev–Trinajstić information content (AvgIpc) is 2.73. The molecule has 0 saturated carbocycles. The second kappa shape index (κ2) is 7.71. The number of methoxy groups -OCH3 is 1. The van der Waals surface area contributed by atoms with E-state index in [1.807, 2.05) is 6.92 Å². The zero-order chi connectivity index (χ0) is 13.4. The van der Waals surface area contributed by atoms with Gasteiger partial charge in [0.15, 0.2) is 0 Å². The lowest BCUT2D eigenvalue weighted by molar-refractivity contribution is -0.144. The molecule has 1 saturated heterocycles. The van der Waals surface area contributed by atoms with Gasteiger partial charge in [0.25, 0.3) is 0 Å². The maximum atomic E-state index is 11.6. The van der Waals surface area contributed by atoms with Gasteiger partial charge in [0.05, 0.1) is 19.8 Å². The molecule has 1 heterocycles. The lowest BCUT2D eigenvalue weighted by Crippen LogP contribution is -2.42. The van der Waals surface area contributed by atoms with Crippen molar-refractivity contribution < 1.29 is 14.3 Å². The maximum absolute atomic E-state index is 11.6. The minimum absolute atomic E-state index is 0.150. The van der Waals surface area contributed by atoms with Gasteiger partial charge in [-0.3, -0.25) is 9.69 Å². The summed E-state index contributed by atoms with van der Waals surface area (Å²) in [5.74, 6) is -0.150. The zero-order valence-corrected chi connectivity index (χ0v) is 11.8. The van der Waals surface area contributed by atoms with E-state index in [9.17, 15) is 4.79 Å². The highest BCUT2D eigenvalue weighted by Crippen LogP contribution is 2.25. The van der Waals surface area contributed by atoms with Gasteiger partial charge in [0, 0.05) is 26.7 Å². The van der Waals surface area contributed by atoms with Crippen molar-refractivity contribution in [2.24, 2.45) is 5.41 Å². The first-order chi connectivity index (χ1) is 8.59. The van der Waals surface area contributed by atoms with E-state index in [4.69, 9.17) is 9.47 Å². The second-order valence-corrected chi connectivity index (χ2v) is 5.25. The molecule has 1 rings (SSSR count). The van der Waals surface area contributed by atoms with Crippen LogP contribution in [0.5, 0.6) is 0 Å². The van der Waals surface area contributed by atoms with E-state index in [0.29, 0.717) is 19.8 Å². The van der Waals surface area contributed by atoms with Crippen molar-refractivity contribution in [1.82, 2.24) is 10.2 Å². The molecular weight excluding hydrogens is 232 g/mol. The Balaban J connectivity index is 2.46. The molecule has 1 aliphatic heterocycles. The van der Waals surface area contributed by atoms with Gasteiger partial charge in [-0.2, -0.15) is 0 Å². The number of hydrogen-bond acceptors (Lipinski definition) is 5. The summed E-state index contributed by atoms with van der Waals surface area (Å²) >= 11 is 0. The highest BCUT2D eigenvalue weighted by molar-refractivity contribution is 5.71. The molecule has 1 atom stereocenters. The van der Waals surface area contributed by atoms with Crippen LogP contribution in [0, 0.1) is 5.41 Å². The SMILES string of the molecule is CCOC(=O)CN(CCOC)CC1(C)CCNC1. The van der Waals surface area contributed by atoms with Crippen LogP contribution in [0.25, 0.3) is 0 Å². The number of nitrogens with one attached hydrogen (secondary N) is 1. The minimum atomic E-state index is -0.150. The first kappa shape index (κ1) is 15.4. The Kier molecular flexibility index (Phi) is 6.60. The standard InChI is InChI=1S/C13H26N2O3/c1-4-18-12(16)9-15(7-8-17-3)11-13(2)5-6-14-10-13/h14H,4-11H2,1-3H3. The number of nitrogens with zero attached hydrogens (tertiary/aromatic N) is 1. The van der Waals surface area contributed by atoms with Crippen molar-refractivity contribution in [3.05, 3.63) is 0 Å². The molecule has 5 heteroatoms. The topological polar surface area (TPSA) is 50.8 Å². The molecule has 18 heavy (non-hydrogen) atoms. The summed E-state index contributed by atoms with van der Waals surface area (Å²) in [5, 5.41) is 3.38. The highest BCUT2D eigenvalue weighted by atomic mass is 16.5. The third-order valence-electron chi connectivity index (χ3n) is 3.33. The Morgan fingerprint density at radius 1 is 1.50 bits per heavy atom. The predicted octanol–water partition coefficient (Wildman–Crippen LogP) is 0.498. The van der Waals surface area contributed by atoms with Gasteiger partial charge >= 0.3 is 5.97 Å². The van der Waals surface area contributed by atoms with E-state index in [1.165, 1.54) is 0 Å². The fraction of sp³-hybridized carbons (Fsp3) is 0.923. The van der Waals surface area contributed by atoms with Gasteiger partial charge in [-0.05, 0) is 25.3 Å². The fourth-order valence-electron chi connectivity index (χ4n) is 2.37. The molecule has 0 radical (unpaired) electrons. The molecule has 106 valence electrons. The van der Waals surface area contributed by atoms with E-state index in [2.05, 4.69) is 17.1 Å². The predicted molar refractivity (Wildman–Crippen MR) is 70.5 cm³/mol. The zero-order valence-electron chi connectivity index (χ0n) is 11.8. The molecule has 0 aromatic carbocycles. The summed E-state index contributed by atoms with van der Waals surface area (Å²) in [6.45, 7) is 9.28. The third kappa shape index (κ3) is 5.33. The van der Waals surface area contributed by atoms with Crippen LogP contribution >= 0.6 is 0 Å². The van der Waals surface area contributed by atoms with E-state index < -0.39 is 0 Å². The van der Waals surface area contributed by atoms with Gasteiger partial charge in [-0.25, -0.2) is 0 Å². The Morgan fingerprint density at radius 3 is 2.83 bits per heavy atom. The van der Waals surface area contributed by atoms with Crippen molar-refractivity contribution in [1.29, 1.82) is 0 Å². The van der Waals surface area contributed by atoms with Gasteiger partial charge in [0.2, 0.25) is 0 Å². The summed E-state index contributed by atoms with van der Waals surface area (Å²) in [4.78, 5) is 13.7. The quantitative estimate of drug-likeness (QED) is 0.642. The van der Waals surface area contributed by atoms with Crippen LogP contribution in [0.15, 0.2) is 0 Å². The summed E-state index contributed by atoms with van der Waals surface area (Å²) in [5.41, 5.74) is 0.250. The molecule has 0 amide bonds. The van der Waals surface area contributed by atoms with E-state index in [1.54, 1.807) is 7.11 Å². The summed E-state index contributed by atoms with van der Waals surface area (Å²) in [6, 6.07) is 0. The number of esters is 1. The molecule has 0 aromatic rings.